The van der Waals surface area contributed by atoms with Crippen molar-refractivity contribution in [1.29, 1.82) is 0 Å². The molecule has 6 heteroatoms. The minimum atomic E-state index is 0.340. The summed E-state index contributed by atoms with van der Waals surface area (Å²) >= 11 is 6.36. The number of piperidine rings is 1. The maximum absolute atomic E-state index is 6.36. The molecular weight excluding hydrogens is 312 g/mol. The van der Waals surface area contributed by atoms with Gasteiger partial charge in [0.1, 0.15) is 5.75 Å². The molecule has 1 fully saturated rings. The van der Waals surface area contributed by atoms with E-state index in [0.717, 1.165) is 54.5 Å². The monoisotopic (exact) mass is 332 g/mol. The molecular formula is C17H21ClN4O. The summed E-state index contributed by atoms with van der Waals surface area (Å²) in [5.41, 5.74) is 7.77. The van der Waals surface area contributed by atoms with Crippen LogP contribution in [-0.4, -0.2) is 35.1 Å². The van der Waals surface area contributed by atoms with Crippen LogP contribution >= 0.6 is 11.6 Å². The van der Waals surface area contributed by atoms with Gasteiger partial charge in [0.05, 0.1) is 12.8 Å². The molecule has 0 aliphatic carbocycles. The lowest BCUT2D eigenvalue weighted by atomic mass is 9.94. The Bertz CT molecular complexity index is 679. The molecule has 23 heavy (non-hydrogen) atoms. The van der Waals surface area contributed by atoms with Gasteiger partial charge in [-0.1, -0.05) is 17.7 Å². The summed E-state index contributed by atoms with van der Waals surface area (Å²) in [5, 5.41) is 0.748. The number of aromatic nitrogens is 2. The SMILES string of the molecule is COc1cccc(Cl)c1CN1CCC[C@H](c2ccnc(N)n2)C1. The minimum absolute atomic E-state index is 0.340. The second-order valence-electron chi connectivity index (χ2n) is 5.83. The Morgan fingerprint density at radius 2 is 2.26 bits per heavy atom. The van der Waals surface area contributed by atoms with Crippen molar-refractivity contribution in [1.82, 2.24) is 14.9 Å². The van der Waals surface area contributed by atoms with Crippen molar-refractivity contribution in [2.45, 2.75) is 25.3 Å². The zero-order chi connectivity index (χ0) is 16.2. The van der Waals surface area contributed by atoms with Crippen molar-refractivity contribution < 1.29 is 4.74 Å². The molecule has 2 heterocycles. The Morgan fingerprint density at radius 3 is 3.04 bits per heavy atom. The number of hydrogen-bond donors (Lipinski definition) is 1. The van der Waals surface area contributed by atoms with E-state index in [0.29, 0.717) is 11.9 Å². The summed E-state index contributed by atoms with van der Waals surface area (Å²) in [7, 11) is 1.68. The van der Waals surface area contributed by atoms with Gasteiger partial charge in [0.15, 0.2) is 0 Å². The number of anilines is 1. The van der Waals surface area contributed by atoms with E-state index in [-0.39, 0.29) is 0 Å². The summed E-state index contributed by atoms with van der Waals surface area (Å²) in [6.07, 6.45) is 3.97. The Hall–Kier alpha value is -1.85. The minimum Gasteiger partial charge on any atom is -0.496 e. The van der Waals surface area contributed by atoms with Crippen molar-refractivity contribution >= 4 is 17.5 Å². The molecule has 1 atom stereocenters. The number of ether oxygens (including phenoxy) is 1. The fourth-order valence-corrected chi connectivity index (χ4v) is 3.39. The lowest BCUT2D eigenvalue weighted by Gasteiger charge is -2.33. The molecule has 0 radical (unpaired) electrons. The first-order valence-electron chi connectivity index (χ1n) is 7.79. The van der Waals surface area contributed by atoms with E-state index in [2.05, 4.69) is 14.9 Å². The lowest BCUT2D eigenvalue weighted by molar-refractivity contribution is 0.196. The third kappa shape index (κ3) is 3.74. The molecule has 1 aromatic carbocycles. The van der Waals surface area contributed by atoms with Crippen molar-refractivity contribution in [3.63, 3.8) is 0 Å². The first-order chi connectivity index (χ1) is 11.2. The highest BCUT2D eigenvalue weighted by atomic mass is 35.5. The van der Waals surface area contributed by atoms with Crippen LogP contribution in [0.25, 0.3) is 0 Å². The smallest absolute Gasteiger partial charge is 0.220 e. The number of likely N-dealkylation sites (tertiary alicyclic amines) is 1. The van der Waals surface area contributed by atoms with Gasteiger partial charge in [0.2, 0.25) is 5.95 Å². The standard InChI is InChI=1S/C17H21ClN4O/c1-23-16-6-2-5-14(18)13(16)11-22-9-3-4-12(10-22)15-7-8-20-17(19)21-15/h2,5-8,12H,3-4,9-11H2,1H3,(H2,19,20,21)/t12-/m0/s1. The van der Waals surface area contributed by atoms with E-state index in [1.54, 1.807) is 13.3 Å². The van der Waals surface area contributed by atoms with Crippen LogP contribution in [0.1, 0.15) is 30.0 Å². The summed E-state index contributed by atoms with van der Waals surface area (Å²) < 4.78 is 5.45. The average molecular weight is 333 g/mol. The van der Waals surface area contributed by atoms with Gasteiger partial charge in [0.25, 0.3) is 0 Å². The Labute approximate surface area is 141 Å². The molecule has 0 unspecified atom stereocenters. The lowest BCUT2D eigenvalue weighted by Crippen LogP contribution is -2.34. The van der Waals surface area contributed by atoms with Crippen molar-refractivity contribution in [2.24, 2.45) is 0 Å². The molecule has 0 amide bonds. The predicted octanol–water partition coefficient (Wildman–Crippen LogP) is 3.10. The Balaban J connectivity index is 1.75. The Kier molecular flexibility index (Phi) is 4.98. The summed E-state index contributed by atoms with van der Waals surface area (Å²) in [4.78, 5) is 10.8. The molecule has 1 aliphatic heterocycles. The van der Waals surface area contributed by atoms with Crippen LogP contribution in [0.4, 0.5) is 5.95 Å². The largest absolute Gasteiger partial charge is 0.496 e. The van der Waals surface area contributed by atoms with Gasteiger partial charge < -0.3 is 10.5 Å². The first kappa shape index (κ1) is 16.0. The van der Waals surface area contributed by atoms with Crippen molar-refractivity contribution in [3.05, 3.63) is 46.7 Å². The summed E-state index contributed by atoms with van der Waals surface area (Å²) in [5.74, 6) is 1.56. The quantitative estimate of drug-likeness (QED) is 0.932. The van der Waals surface area contributed by atoms with Gasteiger partial charge >= 0.3 is 0 Å². The van der Waals surface area contributed by atoms with E-state index < -0.39 is 0 Å². The fourth-order valence-electron chi connectivity index (χ4n) is 3.16. The van der Waals surface area contributed by atoms with Gasteiger partial charge in [-0.25, -0.2) is 9.97 Å². The first-order valence-corrected chi connectivity index (χ1v) is 8.17. The molecule has 2 aromatic rings. The number of benzene rings is 1. The van der Waals surface area contributed by atoms with Gasteiger partial charge in [0, 0.05) is 35.8 Å². The maximum atomic E-state index is 6.36. The highest BCUT2D eigenvalue weighted by Gasteiger charge is 2.24. The van der Waals surface area contributed by atoms with E-state index in [1.807, 2.05) is 24.3 Å². The maximum Gasteiger partial charge on any atom is 0.220 e. The van der Waals surface area contributed by atoms with Crippen LogP contribution in [0, 0.1) is 0 Å². The second-order valence-corrected chi connectivity index (χ2v) is 6.24. The molecule has 122 valence electrons. The topological polar surface area (TPSA) is 64.3 Å². The second kappa shape index (κ2) is 7.15. The Morgan fingerprint density at radius 1 is 1.39 bits per heavy atom. The molecule has 1 aliphatic rings. The van der Waals surface area contributed by atoms with Crippen LogP contribution in [0.2, 0.25) is 5.02 Å². The normalized spacial score (nSPS) is 18.8. The zero-order valence-corrected chi connectivity index (χ0v) is 14.0. The molecule has 1 aromatic heterocycles. The van der Waals surface area contributed by atoms with Gasteiger partial charge in [-0.3, -0.25) is 4.90 Å². The third-order valence-corrected chi connectivity index (χ3v) is 4.65. The number of rotatable bonds is 4. The predicted molar refractivity (Wildman–Crippen MR) is 91.7 cm³/mol. The van der Waals surface area contributed by atoms with Crippen molar-refractivity contribution in [2.75, 3.05) is 25.9 Å². The zero-order valence-electron chi connectivity index (χ0n) is 13.2. The van der Waals surface area contributed by atoms with Crippen LogP contribution in [0.5, 0.6) is 5.75 Å². The van der Waals surface area contributed by atoms with Gasteiger partial charge in [-0.05, 0) is 37.6 Å². The molecule has 0 bridgehead atoms. The number of nitrogens with two attached hydrogens (primary N) is 1. The van der Waals surface area contributed by atoms with Crippen LogP contribution in [0.15, 0.2) is 30.5 Å². The number of hydrogen-bond acceptors (Lipinski definition) is 5. The van der Waals surface area contributed by atoms with E-state index >= 15 is 0 Å². The molecule has 0 saturated carbocycles. The number of nitrogens with zero attached hydrogens (tertiary/aromatic N) is 3. The highest BCUT2D eigenvalue weighted by molar-refractivity contribution is 6.31. The average Bonchev–Trinajstić information content (AvgIpc) is 2.57. The van der Waals surface area contributed by atoms with Crippen LogP contribution in [0.3, 0.4) is 0 Å². The van der Waals surface area contributed by atoms with E-state index in [1.165, 1.54) is 0 Å². The summed E-state index contributed by atoms with van der Waals surface area (Å²) in [6, 6.07) is 7.73. The number of nitrogen functional groups attached to an aromatic ring is 1. The van der Waals surface area contributed by atoms with Gasteiger partial charge in [-0.15, -0.1) is 0 Å². The van der Waals surface area contributed by atoms with Gasteiger partial charge in [-0.2, -0.15) is 0 Å². The van der Waals surface area contributed by atoms with E-state index in [9.17, 15) is 0 Å². The summed E-state index contributed by atoms with van der Waals surface area (Å²) in [6.45, 7) is 2.76. The van der Waals surface area contributed by atoms with E-state index in [4.69, 9.17) is 22.1 Å². The van der Waals surface area contributed by atoms with Crippen LogP contribution < -0.4 is 10.5 Å². The molecule has 2 N–H and O–H groups in total. The molecule has 3 rings (SSSR count). The highest BCUT2D eigenvalue weighted by Crippen LogP contribution is 2.31. The molecule has 1 saturated heterocycles. The number of halogens is 1. The third-order valence-electron chi connectivity index (χ3n) is 4.30. The van der Waals surface area contributed by atoms with Crippen LogP contribution in [-0.2, 0) is 6.54 Å². The molecule has 0 spiro atoms. The molecule has 5 nitrogen and oxygen atoms in total. The van der Waals surface area contributed by atoms with Crippen molar-refractivity contribution in [3.8, 4) is 5.75 Å². The number of methoxy groups -OCH3 is 1. The fraction of sp³-hybridized carbons (Fsp3) is 0.412.